The molecule has 0 spiro atoms. The minimum Gasteiger partial charge on any atom is -0.442 e. The van der Waals surface area contributed by atoms with Crippen molar-refractivity contribution in [2.24, 2.45) is 5.92 Å². The molecular formula is C21H24FN3O4. The summed E-state index contributed by atoms with van der Waals surface area (Å²) in [5.74, 6) is -0.213. The topological polar surface area (TPSA) is 79.0 Å². The second kappa shape index (κ2) is 7.85. The highest BCUT2D eigenvalue weighted by atomic mass is 19.1. The maximum atomic E-state index is 14.8. The van der Waals surface area contributed by atoms with Crippen molar-refractivity contribution in [2.75, 3.05) is 31.1 Å². The molecular weight excluding hydrogens is 377 g/mol. The van der Waals surface area contributed by atoms with Crippen molar-refractivity contribution in [1.29, 1.82) is 0 Å². The van der Waals surface area contributed by atoms with Gasteiger partial charge in [-0.15, -0.1) is 0 Å². The lowest BCUT2D eigenvalue weighted by Gasteiger charge is -2.27. The fraction of sp³-hybridized carbons (Fsp3) is 0.476. The number of carbonyl (C=O) groups is 3. The number of ether oxygens (including phenoxy) is 1. The number of halogens is 1. The predicted octanol–water partition coefficient (Wildman–Crippen LogP) is 2.31. The summed E-state index contributed by atoms with van der Waals surface area (Å²) < 4.78 is 20.0. The summed E-state index contributed by atoms with van der Waals surface area (Å²) in [7, 11) is 0. The molecule has 8 heteroatoms. The lowest BCUT2D eigenvalue weighted by Crippen LogP contribution is -2.35. The smallest absolute Gasteiger partial charge is 0.414 e. The highest BCUT2D eigenvalue weighted by molar-refractivity contribution is 5.90. The fourth-order valence-electron chi connectivity index (χ4n) is 3.73. The van der Waals surface area contributed by atoms with E-state index in [0.29, 0.717) is 30.8 Å². The molecule has 7 nitrogen and oxygen atoms in total. The Labute approximate surface area is 168 Å². The summed E-state index contributed by atoms with van der Waals surface area (Å²) in [6.07, 6.45) is 3.46. The van der Waals surface area contributed by atoms with E-state index in [1.807, 2.05) is 11.0 Å². The number of nitrogens with zero attached hydrogens (tertiary/aromatic N) is 2. The van der Waals surface area contributed by atoms with Crippen LogP contribution in [-0.4, -0.2) is 55.1 Å². The lowest BCUT2D eigenvalue weighted by molar-refractivity contribution is -0.132. The van der Waals surface area contributed by atoms with Gasteiger partial charge in [-0.05, 0) is 43.0 Å². The Balaban J connectivity index is 1.42. The number of nitrogens with one attached hydrogen (secondary N) is 1. The van der Waals surface area contributed by atoms with Crippen LogP contribution in [0.1, 0.15) is 31.7 Å². The normalized spacial score (nSPS) is 21.7. The number of hydrogen-bond acceptors (Lipinski definition) is 4. The average molecular weight is 401 g/mol. The summed E-state index contributed by atoms with van der Waals surface area (Å²) in [4.78, 5) is 38.5. The Morgan fingerprint density at radius 2 is 2.10 bits per heavy atom. The Morgan fingerprint density at radius 1 is 1.31 bits per heavy atom. The number of anilines is 1. The van der Waals surface area contributed by atoms with E-state index < -0.39 is 18.0 Å². The molecule has 0 radical (unpaired) electrons. The van der Waals surface area contributed by atoms with Gasteiger partial charge >= 0.3 is 6.09 Å². The number of rotatable bonds is 5. The van der Waals surface area contributed by atoms with E-state index in [-0.39, 0.29) is 30.8 Å². The molecule has 0 aromatic heterocycles. The summed E-state index contributed by atoms with van der Waals surface area (Å²) in [6, 6.07) is 4.70. The van der Waals surface area contributed by atoms with Gasteiger partial charge in [0, 0.05) is 31.5 Å². The predicted molar refractivity (Wildman–Crippen MR) is 105 cm³/mol. The third-order valence-electron chi connectivity index (χ3n) is 5.51. The first-order valence-corrected chi connectivity index (χ1v) is 9.92. The van der Waals surface area contributed by atoms with Crippen LogP contribution in [0.4, 0.5) is 14.9 Å². The van der Waals surface area contributed by atoms with Crippen LogP contribution in [0.3, 0.4) is 0 Å². The van der Waals surface area contributed by atoms with Crippen molar-refractivity contribution in [2.45, 2.75) is 32.3 Å². The number of cyclic esters (lactones) is 1. The SMILES string of the molecule is CC(=O)NCC1CN(c2ccc(C3=CCN(C(=O)C4CC4)CC3)c(F)c2)C(=O)O1. The van der Waals surface area contributed by atoms with E-state index in [9.17, 15) is 18.8 Å². The van der Waals surface area contributed by atoms with E-state index in [1.54, 1.807) is 12.1 Å². The lowest BCUT2D eigenvalue weighted by atomic mass is 9.98. The van der Waals surface area contributed by atoms with Gasteiger partial charge in [0.15, 0.2) is 0 Å². The first kappa shape index (κ1) is 19.4. The second-order valence-electron chi connectivity index (χ2n) is 7.76. The zero-order chi connectivity index (χ0) is 20.5. The molecule has 0 bridgehead atoms. The van der Waals surface area contributed by atoms with E-state index in [4.69, 9.17) is 4.74 Å². The molecule has 154 valence electrons. The van der Waals surface area contributed by atoms with Crippen LogP contribution in [-0.2, 0) is 14.3 Å². The first-order valence-electron chi connectivity index (χ1n) is 9.92. The van der Waals surface area contributed by atoms with Gasteiger partial charge in [0.1, 0.15) is 11.9 Å². The van der Waals surface area contributed by atoms with Crippen LogP contribution in [0.2, 0.25) is 0 Å². The summed E-state index contributed by atoms with van der Waals surface area (Å²) in [6.45, 7) is 2.98. The van der Waals surface area contributed by atoms with Crippen LogP contribution >= 0.6 is 0 Å². The maximum Gasteiger partial charge on any atom is 0.414 e. The van der Waals surface area contributed by atoms with Crippen molar-refractivity contribution in [1.82, 2.24) is 10.2 Å². The number of amides is 3. The van der Waals surface area contributed by atoms with E-state index in [1.165, 1.54) is 17.9 Å². The molecule has 29 heavy (non-hydrogen) atoms. The number of benzene rings is 1. The third-order valence-corrected chi connectivity index (χ3v) is 5.51. The molecule has 1 saturated carbocycles. The molecule has 1 unspecified atom stereocenters. The molecule has 2 aliphatic heterocycles. The van der Waals surface area contributed by atoms with Gasteiger partial charge in [-0.25, -0.2) is 9.18 Å². The fourth-order valence-corrected chi connectivity index (χ4v) is 3.73. The minimum absolute atomic E-state index is 0.190. The van der Waals surface area contributed by atoms with Crippen LogP contribution in [0.5, 0.6) is 0 Å². The largest absolute Gasteiger partial charge is 0.442 e. The van der Waals surface area contributed by atoms with Gasteiger partial charge in [0.2, 0.25) is 11.8 Å². The molecule has 1 atom stereocenters. The molecule has 3 amide bonds. The van der Waals surface area contributed by atoms with Crippen LogP contribution < -0.4 is 10.2 Å². The molecule has 1 N–H and O–H groups in total. The molecule has 2 heterocycles. The first-order chi connectivity index (χ1) is 13.9. The maximum absolute atomic E-state index is 14.8. The number of hydrogen-bond donors (Lipinski definition) is 1. The monoisotopic (exact) mass is 401 g/mol. The van der Waals surface area contributed by atoms with Crippen molar-refractivity contribution in [3.05, 3.63) is 35.7 Å². The van der Waals surface area contributed by atoms with E-state index in [2.05, 4.69) is 5.32 Å². The van der Waals surface area contributed by atoms with Gasteiger partial charge in [-0.2, -0.15) is 0 Å². The van der Waals surface area contributed by atoms with Crippen molar-refractivity contribution < 1.29 is 23.5 Å². The summed E-state index contributed by atoms with van der Waals surface area (Å²) in [5.41, 5.74) is 1.79. The highest BCUT2D eigenvalue weighted by Crippen LogP contribution is 2.33. The zero-order valence-corrected chi connectivity index (χ0v) is 16.3. The molecule has 2 fully saturated rings. The molecule has 1 aliphatic carbocycles. The van der Waals surface area contributed by atoms with Crippen molar-refractivity contribution in [3.8, 4) is 0 Å². The molecule has 3 aliphatic rings. The van der Waals surface area contributed by atoms with Gasteiger partial charge in [-0.3, -0.25) is 14.5 Å². The quantitative estimate of drug-likeness (QED) is 0.821. The van der Waals surface area contributed by atoms with Gasteiger partial charge in [-0.1, -0.05) is 6.08 Å². The van der Waals surface area contributed by atoms with Crippen molar-refractivity contribution >= 4 is 29.2 Å². The highest BCUT2D eigenvalue weighted by Gasteiger charge is 2.34. The van der Waals surface area contributed by atoms with Crippen LogP contribution in [0, 0.1) is 11.7 Å². The Morgan fingerprint density at radius 3 is 2.72 bits per heavy atom. The molecule has 1 aromatic rings. The molecule has 1 saturated heterocycles. The molecule has 1 aromatic carbocycles. The average Bonchev–Trinajstić information content (AvgIpc) is 3.48. The second-order valence-corrected chi connectivity index (χ2v) is 7.76. The van der Waals surface area contributed by atoms with Crippen LogP contribution in [0.25, 0.3) is 5.57 Å². The Hall–Kier alpha value is -2.90. The van der Waals surface area contributed by atoms with Crippen LogP contribution in [0.15, 0.2) is 24.3 Å². The van der Waals surface area contributed by atoms with Gasteiger partial charge < -0.3 is 15.0 Å². The van der Waals surface area contributed by atoms with Gasteiger partial charge in [0.25, 0.3) is 0 Å². The third kappa shape index (κ3) is 4.26. The minimum atomic E-state index is -0.557. The van der Waals surface area contributed by atoms with E-state index in [0.717, 1.165) is 18.4 Å². The number of carbonyl (C=O) groups excluding carboxylic acids is 3. The summed E-state index contributed by atoms with van der Waals surface area (Å²) >= 11 is 0. The van der Waals surface area contributed by atoms with E-state index >= 15 is 0 Å². The molecule has 4 rings (SSSR count). The van der Waals surface area contributed by atoms with Gasteiger partial charge in [0.05, 0.1) is 18.8 Å². The Bertz CT molecular complexity index is 881. The van der Waals surface area contributed by atoms with Crippen molar-refractivity contribution in [3.63, 3.8) is 0 Å². The summed E-state index contributed by atoms with van der Waals surface area (Å²) in [5, 5.41) is 2.61. The zero-order valence-electron chi connectivity index (χ0n) is 16.3. The Kier molecular flexibility index (Phi) is 5.25. The standard InChI is InChI=1S/C21H24FN3O4/c1-13(26)23-11-17-12-25(21(28)29-17)16-4-5-18(19(22)10-16)14-6-8-24(9-7-14)20(27)15-2-3-15/h4-6,10,15,17H,2-3,7-9,11-12H2,1H3,(H,23,26).